The van der Waals surface area contributed by atoms with E-state index in [9.17, 15) is 4.79 Å². The van der Waals surface area contributed by atoms with E-state index in [1.165, 1.54) is 14.2 Å². The number of methoxy groups -OCH3 is 2. The summed E-state index contributed by atoms with van der Waals surface area (Å²) in [7, 11) is 3.02. The van der Waals surface area contributed by atoms with Gasteiger partial charge in [-0.25, -0.2) is 0 Å². The Kier molecular flexibility index (Phi) is 5.31. The van der Waals surface area contributed by atoms with Gasteiger partial charge >= 0.3 is 0 Å². The van der Waals surface area contributed by atoms with E-state index in [1.807, 2.05) is 6.07 Å². The third kappa shape index (κ3) is 3.55. The Morgan fingerprint density at radius 2 is 1.83 bits per heavy atom. The Morgan fingerprint density at radius 3 is 2.28 bits per heavy atom. The fraction of sp³-hybridized carbons (Fsp3) is 0.385. The van der Waals surface area contributed by atoms with Crippen LogP contribution in [0.15, 0.2) is 24.3 Å². The maximum absolute atomic E-state index is 11.9. The van der Waals surface area contributed by atoms with Gasteiger partial charge < -0.3 is 14.8 Å². The van der Waals surface area contributed by atoms with Crippen molar-refractivity contribution >= 4 is 5.91 Å². The molecule has 5 nitrogen and oxygen atoms in total. The number of rotatable bonds is 5. The summed E-state index contributed by atoms with van der Waals surface area (Å²) in [5.74, 6) is -0.230. The predicted molar refractivity (Wildman–Crippen MR) is 65.9 cm³/mol. The van der Waals surface area contributed by atoms with Gasteiger partial charge in [-0.05, 0) is 31.2 Å². The summed E-state index contributed by atoms with van der Waals surface area (Å²) in [6, 6.07) is 8.14. The summed E-state index contributed by atoms with van der Waals surface area (Å²) >= 11 is 0. The highest BCUT2D eigenvalue weighted by Gasteiger charge is 2.18. The number of carbonyl (C=O) groups is 1. The average Bonchev–Trinajstić information content (AvgIpc) is 2.40. The highest BCUT2D eigenvalue weighted by molar-refractivity contribution is 5.94. The number of hydrogen-bond donors (Lipinski definition) is 1. The van der Waals surface area contributed by atoms with Gasteiger partial charge in [0.2, 0.25) is 0 Å². The molecule has 1 aromatic carbocycles. The summed E-state index contributed by atoms with van der Waals surface area (Å²) in [6.45, 7) is 1.79. The number of hydrogen-bond acceptors (Lipinski definition) is 4. The molecule has 18 heavy (non-hydrogen) atoms. The molecule has 1 amide bonds. The van der Waals surface area contributed by atoms with E-state index in [4.69, 9.17) is 14.7 Å². The molecule has 0 radical (unpaired) electrons. The van der Waals surface area contributed by atoms with Gasteiger partial charge in [-0.3, -0.25) is 4.79 Å². The smallest absolute Gasteiger partial charge is 0.251 e. The van der Waals surface area contributed by atoms with Crippen LogP contribution in [0, 0.1) is 11.3 Å². The minimum absolute atomic E-state index is 0.230. The molecular weight excluding hydrogens is 232 g/mol. The summed E-state index contributed by atoms with van der Waals surface area (Å²) < 4.78 is 10.1. The third-order valence-electron chi connectivity index (χ3n) is 2.51. The zero-order valence-electron chi connectivity index (χ0n) is 10.6. The molecule has 0 heterocycles. The molecule has 1 atom stereocenters. The topological polar surface area (TPSA) is 71.3 Å². The maximum Gasteiger partial charge on any atom is 0.251 e. The lowest BCUT2D eigenvalue weighted by Gasteiger charge is -2.22. The summed E-state index contributed by atoms with van der Waals surface area (Å²) in [6.07, 6.45) is -0.493. The molecule has 0 fully saturated rings. The van der Waals surface area contributed by atoms with Crippen LogP contribution in [0.25, 0.3) is 0 Å². The van der Waals surface area contributed by atoms with Crippen LogP contribution >= 0.6 is 0 Å². The fourth-order valence-electron chi connectivity index (χ4n) is 1.56. The molecule has 0 saturated heterocycles. The zero-order valence-corrected chi connectivity index (χ0v) is 10.6. The maximum atomic E-state index is 11.9. The molecule has 96 valence electrons. The molecule has 0 aromatic heterocycles. The van der Waals surface area contributed by atoms with Crippen LogP contribution in [0.4, 0.5) is 0 Å². The average molecular weight is 248 g/mol. The number of ether oxygens (including phenoxy) is 2. The molecular formula is C13H16N2O3. The van der Waals surface area contributed by atoms with E-state index in [1.54, 1.807) is 31.2 Å². The first kappa shape index (κ1) is 14.2. The summed E-state index contributed by atoms with van der Waals surface area (Å²) in [4.78, 5) is 11.9. The van der Waals surface area contributed by atoms with Gasteiger partial charge in [0.15, 0.2) is 6.29 Å². The quantitative estimate of drug-likeness (QED) is 0.797. The highest BCUT2D eigenvalue weighted by Crippen LogP contribution is 2.05. The second-order valence-electron chi connectivity index (χ2n) is 3.79. The van der Waals surface area contributed by atoms with E-state index in [0.717, 1.165) is 0 Å². The van der Waals surface area contributed by atoms with Gasteiger partial charge in [-0.2, -0.15) is 5.26 Å². The Balaban J connectivity index is 2.67. The van der Waals surface area contributed by atoms with Crippen molar-refractivity contribution in [3.63, 3.8) is 0 Å². The summed E-state index contributed by atoms with van der Waals surface area (Å²) in [5, 5.41) is 11.4. The second-order valence-corrected chi connectivity index (χ2v) is 3.79. The van der Waals surface area contributed by atoms with Crippen molar-refractivity contribution in [1.82, 2.24) is 5.32 Å². The van der Waals surface area contributed by atoms with Crippen LogP contribution in [0.2, 0.25) is 0 Å². The number of nitriles is 1. The number of benzene rings is 1. The van der Waals surface area contributed by atoms with Crippen molar-refractivity contribution in [3.8, 4) is 6.07 Å². The van der Waals surface area contributed by atoms with Crippen LogP contribution in [-0.4, -0.2) is 32.5 Å². The first-order valence-electron chi connectivity index (χ1n) is 5.49. The van der Waals surface area contributed by atoms with E-state index < -0.39 is 6.29 Å². The molecule has 0 aliphatic rings. The van der Waals surface area contributed by atoms with Crippen LogP contribution in [-0.2, 0) is 9.47 Å². The molecule has 0 aliphatic heterocycles. The van der Waals surface area contributed by atoms with Crippen LogP contribution in [0.1, 0.15) is 22.8 Å². The molecule has 0 bridgehead atoms. The van der Waals surface area contributed by atoms with Gasteiger partial charge in [0.05, 0.1) is 17.7 Å². The van der Waals surface area contributed by atoms with Crippen molar-refractivity contribution in [2.45, 2.75) is 19.3 Å². The summed E-state index contributed by atoms with van der Waals surface area (Å²) in [5.41, 5.74) is 1.01. The second kappa shape index (κ2) is 6.74. The van der Waals surface area contributed by atoms with Crippen molar-refractivity contribution < 1.29 is 14.3 Å². The molecule has 1 aromatic rings. The molecule has 0 aliphatic carbocycles. The molecule has 1 rings (SSSR count). The van der Waals surface area contributed by atoms with Gasteiger partial charge in [0, 0.05) is 19.8 Å². The van der Waals surface area contributed by atoms with E-state index in [2.05, 4.69) is 5.32 Å². The van der Waals surface area contributed by atoms with Gasteiger partial charge in [-0.15, -0.1) is 0 Å². The Labute approximate surface area is 106 Å². The van der Waals surface area contributed by atoms with Crippen LogP contribution in [0.5, 0.6) is 0 Å². The first-order chi connectivity index (χ1) is 8.62. The van der Waals surface area contributed by atoms with E-state index in [0.29, 0.717) is 11.1 Å². The lowest BCUT2D eigenvalue weighted by atomic mass is 10.1. The van der Waals surface area contributed by atoms with Gasteiger partial charge in [0.1, 0.15) is 0 Å². The van der Waals surface area contributed by atoms with Gasteiger partial charge in [-0.1, -0.05) is 0 Å². The molecule has 1 unspecified atom stereocenters. The SMILES string of the molecule is COC(OC)C(C)NC(=O)c1ccc(C#N)cc1. The minimum Gasteiger partial charge on any atom is -0.354 e. The zero-order chi connectivity index (χ0) is 13.5. The standard InChI is InChI=1S/C13H16N2O3/c1-9(13(17-2)18-3)15-12(16)11-6-4-10(8-14)5-7-11/h4-7,9,13H,1-3H3,(H,15,16). The Hall–Kier alpha value is -1.90. The Morgan fingerprint density at radius 1 is 1.28 bits per heavy atom. The van der Waals surface area contributed by atoms with Crippen molar-refractivity contribution in [2.24, 2.45) is 0 Å². The lowest BCUT2D eigenvalue weighted by molar-refractivity contribution is -0.117. The number of amides is 1. The van der Waals surface area contributed by atoms with E-state index in [-0.39, 0.29) is 11.9 Å². The van der Waals surface area contributed by atoms with Crippen molar-refractivity contribution in [2.75, 3.05) is 14.2 Å². The van der Waals surface area contributed by atoms with Crippen molar-refractivity contribution in [3.05, 3.63) is 35.4 Å². The van der Waals surface area contributed by atoms with Crippen LogP contribution < -0.4 is 5.32 Å². The molecule has 0 saturated carbocycles. The third-order valence-corrected chi connectivity index (χ3v) is 2.51. The van der Waals surface area contributed by atoms with Crippen molar-refractivity contribution in [1.29, 1.82) is 5.26 Å². The first-order valence-corrected chi connectivity index (χ1v) is 5.49. The monoisotopic (exact) mass is 248 g/mol. The van der Waals surface area contributed by atoms with Gasteiger partial charge in [0.25, 0.3) is 5.91 Å². The molecule has 0 spiro atoms. The normalized spacial score (nSPS) is 11.9. The number of nitrogens with zero attached hydrogens (tertiary/aromatic N) is 1. The fourth-order valence-corrected chi connectivity index (χ4v) is 1.56. The highest BCUT2D eigenvalue weighted by atomic mass is 16.7. The minimum atomic E-state index is -0.493. The Bertz CT molecular complexity index is 433. The van der Waals surface area contributed by atoms with Crippen LogP contribution in [0.3, 0.4) is 0 Å². The number of nitrogens with one attached hydrogen (secondary N) is 1. The molecule has 1 N–H and O–H groups in total. The molecule has 5 heteroatoms. The predicted octanol–water partition coefficient (Wildman–Crippen LogP) is 1.30. The largest absolute Gasteiger partial charge is 0.354 e. The number of carbonyl (C=O) groups excluding carboxylic acids is 1. The lowest BCUT2D eigenvalue weighted by Crippen LogP contribution is -2.42. The van der Waals surface area contributed by atoms with E-state index >= 15 is 0 Å².